The molecule has 3 heteroatoms. The van der Waals surface area contributed by atoms with Crippen LogP contribution in [0, 0.1) is 5.92 Å². The predicted octanol–water partition coefficient (Wildman–Crippen LogP) is 2.77. The maximum absolute atomic E-state index is 4.34. The number of aryl methyl sites for hydroxylation is 1. The lowest BCUT2D eigenvalue weighted by Crippen LogP contribution is -2.32. The molecule has 0 aliphatic heterocycles. The molecular formula is C14H27N3. The molecule has 0 aromatic carbocycles. The van der Waals surface area contributed by atoms with E-state index in [4.69, 9.17) is 0 Å². The predicted molar refractivity (Wildman–Crippen MR) is 73.1 cm³/mol. The van der Waals surface area contributed by atoms with E-state index in [-0.39, 0.29) is 0 Å². The van der Waals surface area contributed by atoms with Crippen molar-refractivity contribution in [3.63, 3.8) is 0 Å². The monoisotopic (exact) mass is 237 g/mol. The molecule has 1 heterocycles. The van der Waals surface area contributed by atoms with E-state index in [1.807, 2.05) is 12.4 Å². The molecule has 1 N–H and O–H groups in total. The molecule has 98 valence electrons. The van der Waals surface area contributed by atoms with Gasteiger partial charge in [0.1, 0.15) is 5.82 Å². The molecule has 0 radical (unpaired) electrons. The van der Waals surface area contributed by atoms with Crippen molar-refractivity contribution in [2.75, 3.05) is 6.54 Å². The summed E-state index contributed by atoms with van der Waals surface area (Å²) in [5, 5.41) is 3.65. The fourth-order valence-electron chi connectivity index (χ4n) is 2.07. The van der Waals surface area contributed by atoms with Crippen molar-refractivity contribution in [2.24, 2.45) is 13.0 Å². The normalized spacial score (nSPS) is 14.8. The van der Waals surface area contributed by atoms with Crippen molar-refractivity contribution in [3.8, 4) is 0 Å². The smallest absolute Gasteiger partial charge is 0.109 e. The fraction of sp³-hybridized carbons (Fsp3) is 0.786. The first kappa shape index (κ1) is 14.2. The van der Waals surface area contributed by atoms with Crippen molar-refractivity contribution >= 4 is 0 Å². The van der Waals surface area contributed by atoms with Crippen LogP contribution in [0.5, 0.6) is 0 Å². The van der Waals surface area contributed by atoms with Crippen LogP contribution in [0.25, 0.3) is 0 Å². The van der Waals surface area contributed by atoms with E-state index in [0.717, 1.165) is 24.7 Å². The average molecular weight is 237 g/mol. The average Bonchev–Trinajstić information content (AvgIpc) is 2.73. The largest absolute Gasteiger partial charge is 0.338 e. The first-order chi connectivity index (χ1) is 8.17. The van der Waals surface area contributed by atoms with Gasteiger partial charge < -0.3 is 9.88 Å². The molecule has 0 fully saturated rings. The Labute approximate surface area is 106 Å². The number of nitrogens with zero attached hydrogens (tertiary/aromatic N) is 2. The topological polar surface area (TPSA) is 29.9 Å². The quantitative estimate of drug-likeness (QED) is 0.753. The van der Waals surface area contributed by atoms with Crippen LogP contribution in [-0.2, 0) is 13.5 Å². The summed E-state index contributed by atoms with van der Waals surface area (Å²) in [4.78, 5) is 4.34. The van der Waals surface area contributed by atoms with Crippen LogP contribution in [-0.4, -0.2) is 22.1 Å². The Morgan fingerprint density at radius 1 is 1.35 bits per heavy atom. The van der Waals surface area contributed by atoms with Crippen molar-refractivity contribution in [1.82, 2.24) is 14.9 Å². The molecule has 3 nitrogen and oxygen atoms in total. The van der Waals surface area contributed by atoms with Gasteiger partial charge in [0.25, 0.3) is 0 Å². The molecule has 2 atom stereocenters. The highest BCUT2D eigenvalue weighted by Crippen LogP contribution is 2.11. The van der Waals surface area contributed by atoms with Crippen LogP contribution < -0.4 is 5.32 Å². The zero-order valence-corrected chi connectivity index (χ0v) is 11.7. The highest BCUT2D eigenvalue weighted by atomic mass is 15.0. The van der Waals surface area contributed by atoms with Gasteiger partial charge in [-0.1, -0.05) is 27.2 Å². The molecule has 0 saturated heterocycles. The van der Waals surface area contributed by atoms with Gasteiger partial charge >= 0.3 is 0 Å². The Morgan fingerprint density at radius 3 is 2.65 bits per heavy atom. The second kappa shape index (κ2) is 7.49. The van der Waals surface area contributed by atoms with Crippen molar-refractivity contribution < 1.29 is 0 Å². The minimum atomic E-state index is 0.658. The number of rotatable bonds is 8. The van der Waals surface area contributed by atoms with Gasteiger partial charge in [-0.15, -0.1) is 0 Å². The van der Waals surface area contributed by atoms with Gasteiger partial charge in [0.15, 0.2) is 0 Å². The van der Waals surface area contributed by atoms with E-state index >= 15 is 0 Å². The third-order valence-electron chi connectivity index (χ3n) is 3.58. The molecule has 0 amide bonds. The van der Waals surface area contributed by atoms with Crippen molar-refractivity contribution in [2.45, 2.75) is 52.5 Å². The number of hydrogen-bond acceptors (Lipinski definition) is 2. The van der Waals surface area contributed by atoms with Gasteiger partial charge in [0.2, 0.25) is 0 Å². The molecule has 2 unspecified atom stereocenters. The second-order valence-electron chi connectivity index (χ2n) is 5.01. The zero-order valence-electron chi connectivity index (χ0n) is 11.7. The molecule has 1 aromatic rings. The maximum Gasteiger partial charge on any atom is 0.109 e. The fourth-order valence-corrected chi connectivity index (χ4v) is 2.07. The first-order valence-corrected chi connectivity index (χ1v) is 6.86. The van der Waals surface area contributed by atoms with Crippen LogP contribution in [0.3, 0.4) is 0 Å². The van der Waals surface area contributed by atoms with Crippen LogP contribution in [0.2, 0.25) is 0 Å². The Morgan fingerprint density at radius 2 is 2.12 bits per heavy atom. The number of nitrogens with one attached hydrogen (secondary N) is 1. The van der Waals surface area contributed by atoms with E-state index in [1.165, 1.54) is 19.3 Å². The lowest BCUT2D eigenvalue weighted by molar-refractivity contribution is 0.385. The molecule has 0 saturated carbocycles. The van der Waals surface area contributed by atoms with Crippen LogP contribution in [0.15, 0.2) is 12.4 Å². The maximum atomic E-state index is 4.34. The summed E-state index contributed by atoms with van der Waals surface area (Å²) in [5.74, 6) is 1.98. The van der Waals surface area contributed by atoms with E-state index in [0.29, 0.717) is 6.04 Å². The zero-order chi connectivity index (χ0) is 12.7. The summed E-state index contributed by atoms with van der Waals surface area (Å²) < 4.78 is 2.09. The highest BCUT2D eigenvalue weighted by Gasteiger charge is 2.09. The van der Waals surface area contributed by atoms with Gasteiger partial charge in [-0.2, -0.15) is 0 Å². The van der Waals surface area contributed by atoms with E-state index in [2.05, 4.69) is 42.7 Å². The van der Waals surface area contributed by atoms with Crippen molar-refractivity contribution in [1.29, 1.82) is 0 Å². The Kier molecular flexibility index (Phi) is 6.27. The molecule has 0 spiro atoms. The highest BCUT2D eigenvalue weighted by molar-refractivity contribution is 4.91. The van der Waals surface area contributed by atoms with Crippen LogP contribution >= 0.6 is 0 Å². The second-order valence-corrected chi connectivity index (χ2v) is 5.01. The Bertz CT molecular complexity index is 306. The minimum absolute atomic E-state index is 0.658. The Hall–Kier alpha value is -0.830. The molecule has 1 rings (SSSR count). The summed E-state index contributed by atoms with van der Waals surface area (Å²) in [6.07, 6.45) is 8.66. The van der Waals surface area contributed by atoms with E-state index in [1.54, 1.807) is 0 Å². The number of hydrogen-bond donors (Lipinski definition) is 1. The molecule has 1 aromatic heterocycles. The lowest BCUT2D eigenvalue weighted by Gasteiger charge is -2.20. The third kappa shape index (κ3) is 4.90. The number of imidazole rings is 1. The van der Waals surface area contributed by atoms with E-state index in [9.17, 15) is 0 Å². The molecule has 17 heavy (non-hydrogen) atoms. The van der Waals surface area contributed by atoms with Gasteiger partial charge in [0, 0.05) is 38.4 Å². The minimum Gasteiger partial charge on any atom is -0.338 e. The summed E-state index contributed by atoms with van der Waals surface area (Å²) >= 11 is 0. The molecule has 0 aliphatic carbocycles. The van der Waals surface area contributed by atoms with Gasteiger partial charge in [0.05, 0.1) is 0 Å². The van der Waals surface area contributed by atoms with E-state index < -0.39 is 0 Å². The van der Waals surface area contributed by atoms with Gasteiger partial charge in [-0.25, -0.2) is 4.98 Å². The van der Waals surface area contributed by atoms with Crippen LogP contribution in [0.4, 0.5) is 0 Å². The first-order valence-electron chi connectivity index (χ1n) is 6.86. The van der Waals surface area contributed by atoms with Crippen molar-refractivity contribution in [3.05, 3.63) is 18.2 Å². The lowest BCUT2D eigenvalue weighted by atomic mass is 9.98. The Balaban J connectivity index is 2.26. The summed E-state index contributed by atoms with van der Waals surface area (Å²) in [5.41, 5.74) is 0. The molecular weight excluding hydrogens is 210 g/mol. The summed E-state index contributed by atoms with van der Waals surface area (Å²) in [6, 6.07) is 0.658. The molecule has 0 aliphatic rings. The summed E-state index contributed by atoms with van der Waals surface area (Å²) in [6.45, 7) is 7.90. The van der Waals surface area contributed by atoms with Gasteiger partial charge in [-0.05, 0) is 18.8 Å². The third-order valence-corrected chi connectivity index (χ3v) is 3.58. The van der Waals surface area contributed by atoms with Gasteiger partial charge in [-0.3, -0.25) is 0 Å². The SMILES string of the molecule is CCC(C)CC(CC)NCCc1nccn1C. The summed E-state index contributed by atoms with van der Waals surface area (Å²) in [7, 11) is 2.05. The standard InChI is InChI=1S/C14H27N3/c1-5-12(3)11-13(6-2)15-8-7-14-16-9-10-17(14)4/h9-10,12-13,15H,5-8,11H2,1-4H3. The number of aromatic nitrogens is 2. The molecule has 0 bridgehead atoms. The van der Waals surface area contributed by atoms with Crippen LogP contribution in [0.1, 0.15) is 45.9 Å².